The van der Waals surface area contributed by atoms with E-state index < -0.39 is 30.1 Å². The summed E-state index contributed by atoms with van der Waals surface area (Å²) in [5.41, 5.74) is 4.84. The highest BCUT2D eigenvalue weighted by molar-refractivity contribution is 6.34. The van der Waals surface area contributed by atoms with E-state index in [1.54, 1.807) is 73.2 Å². The Labute approximate surface area is 392 Å². The van der Waals surface area contributed by atoms with E-state index in [-0.39, 0.29) is 23.6 Å². The first-order chi connectivity index (χ1) is 32.7. The number of aromatic nitrogens is 4. The number of nitrogens with zero attached hydrogens (tertiary/aromatic N) is 5. The van der Waals surface area contributed by atoms with Crippen molar-refractivity contribution in [1.82, 2.24) is 35.1 Å². The molecule has 0 saturated heterocycles. The Hall–Kier alpha value is -8.27. The number of methoxy groups -OCH3 is 2. The number of amides is 3. The third kappa shape index (κ3) is 11.4. The van der Waals surface area contributed by atoms with Crippen molar-refractivity contribution in [1.29, 1.82) is 0 Å². The zero-order chi connectivity index (χ0) is 48.5. The second-order valence-corrected chi connectivity index (χ2v) is 16.1. The number of likely N-dealkylation sites (N-methyl/N-ethyl adjacent to an activating group) is 1. The number of fused-ring (bicyclic) bond motifs is 2. The Morgan fingerprint density at radius 2 is 1.00 bits per heavy atom. The summed E-state index contributed by atoms with van der Waals surface area (Å²) in [6, 6.07) is 37.5. The van der Waals surface area contributed by atoms with Crippen LogP contribution in [-0.2, 0) is 14.4 Å². The molecule has 0 aliphatic carbocycles. The minimum Gasteiger partial charge on any atom is -0.497 e. The number of carbonyl (C=O) groups is 3. The normalized spacial score (nSPS) is 12.7. The second-order valence-electron chi connectivity index (χ2n) is 16.1. The van der Waals surface area contributed by atoms with Crippen molar-refractivity contribution in [3.63, 3.8) is 0 Å². The molecule has 16 heteroatoms. The molecule has 0 aliphatic heterocycles. The zero-order valence-electron chi connectivity index (χ0n) is 38.5. The van der Waals surface area contributed by atoms with Crippen molar-refractivity contribution in [2.45, 2.75) is 45.1 Å². The van der Waals surface area contributed by atoms with Crippen LogP contribution < -0.4 is 29.6 Å². The quantitative estimate of drug-likeness (QED) is 0.102. The van der Waals surface area contributed by atoms with Gasteiger partial charge >= 0.3 is 11.8 Å². The van der Waals surface area contributed by atoms with Crippen LogP contribution in [0.15, 0.2) is 146 Å². The van der Waals surface area contributed by atoms with Crippen LogP contribution >= 0.6 is 0 Å². The summed E-state index contributed by atoms with van der Waals surface area (Å²) in [6.07, 6.45) is 2.39. The molecule has 6 aromatic carbocycles. The summed E-state index contributed by atoms with van der Waals surface area (Å²) >= 11 is 0. The summed E-state index contributed by atoms with van der Waals surface area (Å²) < 4.78 is 53.5. The number of rotatable bonds is 14. The molecule has 0 radical (unpaired) electrons. The standard InChI is InChI=1S/C27H27FN4O4.C25H24FN3O3/c1-17(30-26(33)27(34)31(2)3)25(18-6-5-7-22(14-18)35-4)36-23-12-13-24-19(15-23)16-29-32(24)21-10-8-20(28)9-11-21;1-16(28-17(2)30)25(18-5-4-6-22(13-18)31-3)32-23-11-12-24-19(14-23)15-27-29(24)21-9-7-20(26)8-10-21/h5-17,25H,1-4H3,(H,30,33);4-16,25H,1-3H3,(H,28,30)/t17-,25-;16-,25-/m00/s1. The van der Waals surface area contributed by atoms with E-state index in [0.29, 0.717) is 23.0 Å². The molecule has 8 rings (SSSR count). The maximum atomic E-state index is 13.3. The molecule has 14 nitrogen and oxygen atoms in total. The first-order valence-electron chi connectivity index (χ1n) is 21.6. The van der Waals surface area contributed by atoms with Crippen LogP contribution in [0.3, 0.4) is 0 Å². The summed E-state index contributed by atoms with van der Waals surface area (Å²) in [5.74, 6) is 0.420. The molecular weight excluding hydrogens is 873 g/mol. The fraction of sp³-hybridized carbons (Fsp3) is 0.212. The fourth-order valence-corrected chi connectivity index (χ4v) is 7.54. The molecule has 2 N–H and O–H groups in total. The Kier molecular flexibility index (Phi) is 15.0. The Balaban J connectivity index is 0.000000203. The summed E-state index contributed by atoms with van der Waals surface area (Å²) in [4.78, 5) is 37.4. The number of hydrogen-bond acceptors (Lipinski definition) is 9. The van der Waals surface area contributed by atoms with Crippen molar-refractivity contribution < 1.29 is 42.1 Å². The van der Waals surface area contributed by atoms with Gasteiger partial charge in [0.05, 0.1) is 61.1 Å². The summed E-state index contributed by atoms with van der Waals surface area (Å²) in [7, 11) is 6.22. The van der Waals surface area contributed by atoms with Crippen LogP contribution in [0.5, 0.6) is 23.0 Å². The van der Waals surface area contributed by atoms with Gasteiger partial charge < -0.3 is 34.5 Å². The van der Waals surface area contributed by atoms with E-state index in [9.17, 15) is 23.2 Å². The highest BCUT2D eigenvalue weighted by Crippen LogP contribution is 2.32. The van der Waals surface area contributed by atoms with Gasteiger partial charge in [0.15, 0.2) is 0 Å². The number of ether oxygens (including phenoxy) is 4. The lowest BCUT2D eigenvalue weighted by molar-refractivity contribution is -0.144. The maximum absolute atomic E-state index is 13.3. The number of halogens is 2. The average molecular weight is 924 g/mol. The molecule has 68 heavy (non-hydrogen) atoms. The van der Waals surface area contributed by atoms with Gasteiger partial charge in [-0.2, -0.15) is 10.2 Å². The van der Waals surface area contributed by atoms with Crippen molar-refractivity contribution in [2.24, 2.45) is 0 Å². The third-order valence-electron chi connectivity index (χ3n) is 10.9. The Morgan fingerprint density at radius 3 is 1.40 bits per heavy atom. The van der Waals surface area contributed by atoms with Crippen molar-refractivity contribution in [2.75, 3.05) is 28.3 Å². The first kappa shape index (κ1) is 47.7. The molecule has 2 aromatic heterocycles. The lowest BCUT2D eigenvalue weighted by atomic mass is 10.0. The smallest absolute Gasteiger partial charge is 0.311 e. The van der Waals surface area contributed by atoms with Crippen LogP contribution in [0, 0.1) is 11.6 Å². The highest BCUT2D eigenvalue weighted by Gasteiger charge is 2.27. The lowest BCUT2D eigenvalue weighted by Gasteiger charge is -2.27. The summed E-state index contributed by atoms with van der Waals surface area (Å²) in [5, 5.41) is 16.2. The average Bonchev–Trinajstić information content (AvgIpc) is 3.96. The second kappa shape index (κ2) is 21.4. The Bertz CT molecular complexity index is 3030. The van der Waals surface area contributed by atoms with Crippen molar-refractivity contribution in [3.05, 3.63) is 169 Å². The topological polar surface area (TPSA) is 151 Å². The molecule has 0 bridgehead atoms. The summed E-state index contributed by atoms with van der Waals surface area (Å²) in [6.45, 7) is 5.15. The molecule has 0 spiro atoms. The molecule has 0 saturated carbocycles. The fourth-order valence-electron chi connectivity index (χ4n) is 7.54. The van der Waals surface area contributed by atoms with Crippen LogP contribution in [-0.4, -0.2) is 82.6 Å². The first-order valence-corrected chi connectivity index (χ1v) is 21.6. The van der Waals surface area contributed by atoms with Crippen molar-refractivity contribution >= 4 is 39.5 Å². The molecule has 4 atom stereocenters. The van der Waals surface area contributed by atoms with Gasteiger partial charge in [0.1, 0.15) is 46.8 Å². The van der Waals surface area contributed by atoms with Gasteiger partial charge in [0, 0.05) is 31.8 Å². The molecule has 0 fully saturated rings. The zero-order valence-corrected chi connectivity index (χ0v) is 38.5. The van der Waals surface area contributed by atoms with Gasteiger partial charge in [-0.05, 0) is 134 Å². The number of carbonyl (C=O) groups excluding carboxylic acids is 3. The molecule has 350 valence electrons. The number of benzene rings is 6. The van der Waals surface area contributed by atoms with Crippen LogP contribution in [0.2, 0.25) is 0 Å². The van der Waals surface area contributed by atoms with Gasteiger partial charge in [-0.25, -0.2) is 18.1 Å². The minimum absolute atomic E-state index is 0.134. The van der Waals surface area contributed by atoms with Crippen LogP contribution in [0.25, 0.3) is 33.2 Å². The molecule has 2 heterocycles. The van der Waals surface area contributed by atoms with Crippen LogP contribution in [0.1, 0.15) is 44.1 Å². The lowest BCUT2D eigenvalue weighted by Crippen LogP contribution is -2.46. The van der Waals surface area contributed by atoms with Gasteiger partial charge in [-0.3, -0.25) is 14.4 Å². The van der Waals surface area contributed by atoms with E-state index in [1.807, 2.05) is 85.8 Å². The van der Waals surface area contributed by atoms with Gasteiger partial charge in [0.25, 0.3) is 0 Å². The minimum atomic E-state index is -0.722. The molecule has 0 aliphatic rings. The molecule has 0 unspecified atom stereocenters. The van der Waals surface area contributed by atoms with Crippen molar-refractivity contribution in [3.8, 4) is 34.4 Å². The van der Waals surface area contributed by atoms with Gasteiger partial charge in [0.2, 0.25) is 5.91 Å². The molecule has 3 amide bonds. The van der Waals surface area contributed by atoms with E-state index in [2.05, 4.69) is 20.8 Å². The van der Waals surface area contributed by atoms with Gasteiger partial charge in [-0.1, -0.05) is 24.3 Å². The maximum Gasteiger partial charge on any atom is 0.311 e. The van der Waals surface area contributed by atoms with E-state index in [4.69, 9.17) is 18.9 Å². The monoisotopic (exact) mass is 923 g/mol. The number of hydrogen-bond donors (Lipinski definition) is 2. The molecule has 8 aromatic rings. The highest BCUT2D eigenvalue weighted by atomic mass is 19.1. The largest absolute Gasteiger partial charge is 0.497 e. The van der Waals surface area contributed by atoms with Gasteiger partial charge in [-0.15, -0.1) is 0 Å². The number of nitrogens with one attached hydrogen (secondary N) is 2. The predicted octanol–water partition coefficient (Wildman–Crippen LogP) is 8.70. The SMILES string of the molecule is COc1cccc([C@@H](Oc2ccc3c(cnn3-c3ccc(F)cc3)c2)[C@H](C)NC(=O)C(=O)N(C)C)c1.COc1cccc([C@@H](Oc2ccc3c(cnn3-c3ccc(F)cc3)c2)[C@H](C)NC(C)=O)c1. The predicted molar refractivity (Wildman–Crippen MR) is 254 cm³/mol. The molecular formula is C52H51F2N7O7. The van der Waals surface area contributed by atoms with Crippen LogP contribution in [0.4, 0.5) is 8.78 Å². The van der Waals surface area contributed by atoms with E-state index in [1.165, 1.54) is 50.2 Å². The van der Waals surface area contributed by atoms with E-state index in [0.717, 1.165) is 44.3 Å². The van der Waals surface area contributed by atoms with E-state index >= 15 is 0 Å². The Morgan fingerprint density at radius 1 is 0.574 bits per heavy atom. The third-order valence-corrected chi connectivity index (χ3v) is 10.9.